The van der Waals surface area contributed by atoms with Crippen LogP contribution in [0.15, 0.2) is 45.6 Å². The average molecular weight is 371 g/mol. The second-order valence-corrected chi connectivity index (χ2v) is 6.26. The van der Waals surface area contributed by atoms with E-state index >= 15 is 0 Å². The van der Waals surface area contributed by atoms with Gasteiger partial charge in [0.1, 0.15) is 0 Å². The first kappa shape index (κ1) is 18.6. The number of benzene rings is 2. The maximum absolute atomic E-state index is 12.2. The van der Waals surface area contributed by atoms with Gasteiger partial charge in [-0.25, -0.2) is 9.59 Å². The smallest absolute Gasteiger partial charge is 0.420 e. The van der Waals surface area contributed by atoms with E-state index in [1.54, 1.807) is 35.8 Å². The van der Waals surface area contributed by atoms with Crippen molar-refractivity contribution in [2.75, 3.05) is 7.11 Å². The number of fused-ring (bicyclic) bond motifs is 1. The molecule has 0 radical (unpaired) electrons. The zero-order chi connectivity index (χ0) is 19.6. The molecule has 3 aromatic rings. The standard InChI is InChI=1S/C20H21NO6/c1-4-15(19(22)23)26-17-8-6-13(10-18(17)25-3)11-21-14-9-12(2)5-7-16(14)27-20(21)24/h5-10,15H,4,11H2,1-3H3,(H,22,23). The lowest BCUT2D eigenvalue weighted by Crippen LogP contribution is -2.26. The van der Waals surface area contributed by atoms with Gasteiger partial charge in [-0.15, -0.1) is 0 Å². The van der Waals surface area contributed by atoms with Gasteiger partial charge in [0.15, 0.2) is 23.2 Å². The molecule has 142 valence electrons. The summed E-state index contributed by atoms with van der Waals surface area (Å²) in [5, 5.41) is 9.16. The van der Waals surface area contributed by atoms with Gasteiger partial charge < -0.3 is 19.0 Å². The Morgan fingerprint density at radius 3 is 2.67 bits per heavy atom. The van der Waals surface area contributed by atoms with E-state index in [0.29, 0.717) is 30.0 Å². The number of hydrogen-bond acceptors (Lipinski definition) is 5. The summed E-state index contributed by atoms with van der Waals surface area (Å²) in [4.78, 5) is 23.4. The Kier molecular flexibility index (Phi) is 5.21. The lowest BCUT2D eigenvalue weighted by molar-refractivity contribution is -0.145. The third-order valence-electron chi connectivity index (χ3n) is 4.31. The van der Waals surface area contributed by atoms with E-state index in [-0.39, 0.29) is 0 Å². The Morgan fingerprint density at radius 1 is 1.22 bits per heavy atom. The topological polar surface area (TPSA) is 90.9 Å². The summed E-state index contributed by atoms with van der Waals surface area (Å²) in [6.07, 6.45) is -0.621. The molecule has 1 N–H and O–H groups in total. The number of carboxylic acids is 1. The Bertz CT molecular complexity index is 1030. The molecule has 2 aromatic carbocycles. The predicted molar refractivity (Wildman–Crippen MR) is 99.6 cm³/mol. The van der Waals surface area contributed by atoms with Crippen LogP contribution in [0.1, 0.15) is 24.5 Å². The molecule has 1 atom stereocenters. The van der Waals surface area contributed by atoms with Crippen molar-refractivity contribution < 1.29 is 23.8 Å². The van der Waals surface area contributed by atoms with Crippen molar-refractivity contribution in [3.8, 4) is 11.5 Å². The molecule has 0 aliphatic heterocycles. The lowest BCUT2D eigenvalue weighted by Gasteiger charge is -2.16. The van der Waals surface area contributed by atoms with Gasteiger partial charge in [-0.1, -0.05) is 19.1 Å². The molecule has 1 heterocycles. The minimum Gasteiger partial charge on any atom is -0.493 e. The number of oxazole rings is 1. The molecule has 7 heteroatoms. The first-order valence-electron chi connectivity index (χ1n) is 8.59. The largest absolute Gasteiger partial charge is 0.493 e. The highest BCUT2D eigenvalue weighted by molar-refractivity contribution is 5.74. The first-order valence-corrected chi connectivity index (χ1v) is 8.59. The van der Waals surface area contributed by atoms with Gasteiger partial charge in [-0.3, -0.25) is 4.57 Å². The number of ether oxygens (including phenoxy) is 2. The second-order valence-electron chi connectivity index (χ2n) is 6.26. The van der Waals surface area contributed by atoms with Crippen LogP contribution in [0.5, 0.6) is 11.5 Å². The fraction of sp³-hybridized carbons (Fsp3) is 0.300. The van der Waals surface area contributed by atoms with Gasteiger partial charge in [0.2, 0.25) is 0 Å². The number of aromatic nitrogens is 1. The summed E-state index contributed by atoms with van der Waals surface area (Å²) in [5.74, 6) is -0.720. The van der Waals surface area contributed by atoms with Crippen LogP contribution in [0, 0.1) is 6.92 Å². The fourth-order valence-corrected chi connectivity index (χ4v) is 2.87. The lowest BCUT2D eigenvalue weighted by atomic mass is 10.1. The van der Waals surface area contributed by atoms with E-state index in [1.807, 2.05) is 19.1 Å². The minimum atomic E-state index is -1.03. The number of methoxy groups -OCH3 is 1. The van der Waals surface area contributed by atoms with Crippen LogP contribution < -0.4 is 15.2 Å². The van der Waals surface area contributed by atoms with E-state index in [0.717, 1.165) is 16.6 Å². The van der Waals surface area contributed by atoms with Gasteiger partial charge in [-0.05, 0) is 48.7 Å². The van der Waals surface area contributed by atoms with Crippen LogP contribution in [0.25, 0.3) is 11.1 Å². The number of nitrogens with zero attached hydrogens (tertiary/aromatic N) is 1. The Labute approximate surface area is 155 Å². The van der Waals surface area contributed by atoms with Crippen LogP contribution >= 0.6 is 0 Å². The van der Waals surface area contributed by atoms with E-state index in [1.165, 1.54) is 7.11 Å². The monoisotopic (exact) mass is 371 g/mol. The second kappa shape index (κ2) is 7.57. The summed E-state index contributed by atoms with van der Waals surface area (Å²) < 4.78 is 17.7. The van der Waals surface area contributed by atoms with Crippen molar-refractivity contribution >= 4 is 17.1 Å². The molecular formula is C20H21NO6. The molecule has 3 rings (SSSR count). The number of carbonyl (C=O) groups is 1. The molecule has 0 bridgehead atoms. The van der Waals surface area contributed by atoms with Crippen LogP contribution in [0.3, 0.4) is 0 Å². The number of carboxylic acid groups (broad SMARTS) is 1. The van der Waals surface area contributed by atoms with Gasteiger partial charge in [0.25, 0.3) is 0 Å². The number of rotatable bonds is 7. The van der Waals surface area contributed by atoms with Gasteiger partial charge in [0, 0.05) is 0 Å². The fourth-order valence-electron chi connectivity index (χ4n) is 2.87. The zero-order valence-electron chi connectivity index (χ0n) is 15.4. The maximum atomic E-state index is 12.2. The molecule has 0 amide bonds. The summed E-state index contributed by atoms with van der Waals surface area (Å²) in [6, 6.07) is 10.7. The zero-order valence-corrected chi connectivity index (χ0v) is 15.4. The SMILES string of the molecule is CCC(Oc1ccc(Cn2c(=O)oc3ccc(C)cc32)cc1OC)C(=O)O. The molecule has 0 aliphatic carbocycles. The highest BCUT2D eigenvalue weighted by atomic mass is 16.5. The highest BCUT2D eigenvalue weighted by Gasteiger charge is 2.19. The van der Waals surface area contributed by atoms with E-state index < -0.39 is 17.8 Å². The van der Waals surface area contributed by atoms with Crippen molar-refractivity contribution in [1.82, 2.24) is 4.57 Å². The third-order valence-corrected chi connectivity index (χ3v) is 4.31. The molecule has 0 saturated carbocycles. The minimum absolute atomic E-state index is 0.294. The van der Waals surface area contributed by atoms with Crippen molar-refractivity contribution in [2.24, 2.45) is 0 Å². The average Bonchev–Trinajstić information content (AvgIpc) is 2.95. The first-order chi connectivity index (χ1) is 12.9. The highest BCUT2D eigenvalue weighted by Crippen LogP contribution is 2.30. The van der Waals surface area contributed by atoms with Gasteiger partial charge >= 0.3 is 11.7 Å². The molecule has 1 unspecified atom stereocenters. The number of aryl methyl sites for hydroxylation is 1. The predicted octanol–water partition coefficient (Wildman–Crippen LogP) is 3.20. The molecule has 7 nitrogen and oxygen atoms in total. The van der Waals surface area contributed by atoms with Crippen LogP contribution in [0.4, 0.5) is 0 Å². The van der Waals surface area contributed by atoms with Crippen LogP contribution in [0.2, 0.25) is 0 Å². The van der Waals surface area contributed by atoms with Crippen molar-refractivity contribution in [1.29, 1.82) is 0 Å². The van der Waals surface area contributed by atoms with Crippen LogP contribution in [-0.2, 0) is 11.3 Å². The quantitative estimate of drug-likeness (QED) is 0.686. The summed E-state index contributed by atoms with van der Waals surface area (Å²) in [7, 11) is 1.48. The molecular weight excluding hydrogens is 350 g/mol. The summed E-state index contributed by atoms with van der Waals surface area (Å²) in [5.41, 5.74) is 3.08. The van der Waals surface area contributed by atoms with E-state index in [4.69, 9.17) is 19.0 Å². The van der Waals surface area contributed by atoms with Crippen molar-refractivity contribution in [3.05, 3.63) is 58.1 Å². The molecule has 0 spiro atoms. The van der Waals surface area contributed by atoms with Crippen molar-refractivity contribution in [2.45, 2.75) is 32.9 Å². The summed E-state index contributed by atoms with van der Waals surface area (Å²) in [6.45, 7) is 3.98. The molecule has 0 saturated heterocycles. The van der Waals surface area contributed by atoms with E-state index in [9.17, 15) is 9.59 Å². The normalized spacial score (nSPS) is 12.1. The Hall–Kier alpha value is -3.22. The van der Waals surface area contributed by atoms with Gasteiger partial charge in [-0.2, -0.15) is 0 Å². The third kappa shape index (κ3) is 3.81. The number of hydrogen-bond donors (Lipinski definition) is 1. The molecule has 27 heavy (non-hydrogen) atoms. The van der Waals surface area contributed by atoms with Crippen molar-refractivity contribution in [3.63, 3.8) is 0 Å². The Morgan fingerprint density at radius 2 is 2.00 bits per heavy atom. The maximum Gasteiger partial charge on any atom is 0.420 e. The molecule has 0 aliphatic rings. The summed E-state index contributed by atoms with van der Waals surface area (Å²) >= 11 is 0. The Balaban J connectivity index is 1.93. The van der Waals surface area contributed by atoms with Gasteiger partial charge in [0.05, 0.1) is 19.2 Å². The molecule has 0 fully saturated rings. The van der Waals surface area contributed by atoms with E-state index in [2.05, 4.69) is 0 Å². The number of aliphatic carboxylic acids is 1. The van der Waals surface area contributed by atoms with Crippen LogP contribution in [-0.4, -0.2) is 28.9 Å². The molecule has 1 aromatic heterocycles.